The van der Waals surface area contributed by atoms with E-state index in [9.17, 15) is 18.0 Å². The van der Waals surface area contributed by atoms with E-state index >= 15 is 0 Å². The summed E-state index contributed by atoms with van der Waals surface area (Å²) in [6.45, 7) is 3.06. The molecule has 0 fully saturated rings. The van der Waals surface area contributed by atoms with Gasteiger partial charge in [0, 0.05) is 12.1 Å². The second kappa shape index (κ2) is 8.13. The van der Waals surface area contributed by atoms with Crippen LogP contribution < -0.4 is 0 Å². The molecule has 0 spiro atoms. The van der Waals surface area contributed by atoms with Gasteiger partial charge in [-0.3, -0.25) is 4.90 Å². The quantitative estimate of drug-likeness (QED) is 0.524. The Labute approximate surface area is 106 Å². The van der Waals surface area contributed by atoms with Crippen LogP contribution in [0.25, 0.3) is 0 Å². The van der Waals surface area contributed by atoms with E-state index in [-0.39, 0.29) is 6.54 Å². The summed E-state index contributed by atoms with van der Waals surface area (Å²) in [4.78, 5) is 12.5. The van der Waals surface area contributed by atoms with Crippen LogP contribution in [0.4, 0.5) is 13.2 Å². The summed E-state index contributed by atoms with van der Waals surface area (Å²) in [6, 6.07) is 0. The summed E-state index contributed by atoms with van der Waals surface area (Å²) >= 11 is 0. The number of rotatable bonds is 7. The molecule has 0 atom stereocenters. The number of nitrogens with zero attached hydrogens (tertiary/aromatic N) is 1. The molecule has 0 aliphatic heterocycles. The fraction of sp³-hybridized carbons (Fsp3) is 0.750. The van der Waals surface area contributed by atoms with Crippen LogP contribution in [0, 0.1) is 0 Å². The maximum Gasteiger partial charge on any atom is 0.401 e. The molecular formula is C12H20F3NO2. The molecule has 0 amide bonds. The number of carbonyl (C=O) groups excluding carboxylic acids is 1. The Kier molecular flexibility index (Phi) is 7.66. The van der Waals surface area contributed by atoms with Crippen LogP contribution in [-0.4, -0.2) is 43.8 Å². The minimum absolute atomic E-state index is 0.103. The molecule has 106 valence electrons. The minimum Gasteiger partial charge on any atom is -0.466 e. The third-order valence-corrected chi connectivity index (χ3v) is 2.37. The summed E-state index contributed by atoms with van der Waals surface area (Å²) in [5.74, 6) is -0.485. The van der Waals surface area contributed by atoms with Crippen LogP contribution in [0.15, 0.2) is 11.6 Å². The summed E-state index contributed by atoms with van der Waals surface area (Å²) in [5.41, 5.74) is 0.403. The first-order chi connectivity index (χ1) is 8.34. The Bertz CT molecular complexity index is 288. The number of hydrogen-bond donors (Lipinski definition) is 0. The molecule has 0 saturated heterocycles. The molecule has 0 heterocycles. The third-order valence-electron chi connectivity index (χ3n) is 2.37. The smallest absolute Gasteiger partial charge is 0.401 e. The number of halogens is 3. The van der Waals surface area contributed by atoms with Gasteiger partial charge in [-0.05, 0) is 19.4 Å². The van der Waals surface area contributed by atoms with Crippen LogP contribution in [0.5, 0.6) is 0 Å². The molecule has 0 N–H and O–H groups in total. The van der Waals surface area contributed by atoms with Crippen molar-refractivity contribution in [2.45, 2.75) is 32.9 Å². The van der Waals surface area contributed by atoms with Gasteiger partial charge in [-0.25, -0.2) is 4.79 Å². The van der Waals surface area contributed by atoms with Gasteiger partial charge in [0.05, 0.1) is 13.7 Å². The van der Waals surface area contributed by atoms with Crippen LogP contribution >= 0.6 is 0 Å². The summed E-state index contributed by atoms with van der Waals surface area (Å²) in [7, 11) is 1.26. The van der Waals surface area contributed by atoms with Gasteiger partial charge in [0.15, 0.2) is 0 Å². The first-order valence-corrected chi connectivity index (χ1v) is 5.90. The van der Waals surface area contributed by atoms with E-state index in [0.29, 0.717) is 25.0 Å². The third kappa shape index (κ3) is 7.32. The molecule has 3 nitrogen and oxygen atoms in total. The molecule has 0 saturated carbocycles. The average Bonchev–Trinajstić information content (AvgIpc) is 2.27. The largest absolute Gasteiger partial charge is 0.466 e. The Morgan fingerprint density at radius 1 is 1.33 bits per heavy atom. The number of methoxy groups -OCH3 is 1. The van der Waals surface area contributed by atoms with Crippen molar-refractivity contribution in [1.82, 2.24) is 4.90 Å². The SMILES string of the molecule is CCCN(CC=C(CC)C(=O)OC)CC(F)(F)F. The lowest BCUT2D eigenvalue weighted by Crippen LogP contribution is -2.35. The first-order valence-electron chi connectivity index (χ1n) is 5.90. The number of esters is 1. The normalized spacial score (nSPS) is 12.9. The molecule has 0 aromatic rings. The summed E-state index contributed by atoms with van der Waals surface area (Å²) in [6.07, 6.45) is -1.64. The van der Waals surface area contributed by atoms with E-state index in [1.165, 1.54) is 18.1 Å². The number of alkyl halides is 3. The fourth-order valence-corrected chi connectivity index (χ4v) is 1.55. The van der Waals surface area contributed by atoms with Crippen LogP contribution in [-0.2, 0) is 9.53 Å². The van der Waals surface area contributed by atoms with Crippen LogP contribution in [0.1, 0.15) is 26.7 Å². The lowest BCUT2D eigenvalue weighted by Gasteiger charge is -2.21. The van der Waals surface area contributed by atoms with E-state index in [1.807, 2.05) is 6.92 Å². The molecule has 0 rings (SSSR count). The molecule has 0 aliphatic rings. The van der Waals surface area contributed by atoms with E-state index in [2.05, 4.69) is 4.74 Å². The Balaban J connectivity index is 4.57. The minimum atomic E-state index is -4.22. The van der Waals surface area contributed by atoms with Crippen LogP contribution in [0.2, 0.25) is 0 Å². The summed E-state index contributed by atoms with van der Waals surface area (Å²) < 4.78 is 41.5. The molecule has 0 aliphatic carbocycles. The molecule has 0 aromatic carbocycles. The van der Waals surface area contributed by atoms with Crippen molar-refractivity contribution in [3.63, 3.8) is 0 Å². The van der Waals surface area contributed by atoms with E-state index in [1.54, 1.807) is 6.92 Å². The highest BCUT2D eigenvalue weighted by Crippen LogP contribution is 2.17. The lowest BCUT2D eigenvalue weighted by molar-refractivity contribution is -0.144. The second-order valence-electron chi connectivity index (χ2n) is 3.92. The van der Waals surface area contributed by atoms with Gasteiger partial charge >= 0.3 is 12.1 Å². The zero-order valence-electron chi connectivity index (χ0n) is 11.0. The highest BCUT2D eigenvalue weighted by atomic mass is 19.4. The molecular weight excluding hydrogens is 247 g/mol. The highest BCUT2D eigenvalue weighted by molar-refractivity contribution is 5.88. The topological polar surface area (TPSA) is 29.5 Å². The van der Waals surface area contributed by atoms with Gasteiger partial charge in [0.25, 0.3) is 0 Å². The van der Waals surface area contributed by atoms with Crippen molar-refractivity contribution in [3.8, 4) is 0 Å². The zero-order chi connectivity index (χ0) is 14.2. The monoisotopic (exact) mass is 267 g/mol. The maximum atomic E-state index is 12.3. The van der Waals surface area contributed by atoms with E-state index in [0.717, 1.165) is 0 Å². The van der Waals surface area contributed by atoms with Gasteiger partial charge in [-0.2, -0.15) is 13.2 Å². The molecule has 0 bridgehead atoms. The van der Waals surface area contributed by atoms with Crippen molar-refractivity contribution in [2.24, 2.45) is 0 Å². The molecule has 0 aromatic heterocycles. The first kappa shape index (κ1) is 17.0. The lowest BCUT2D eigenvalue weighted by atomic mass is 10.2. The number of carbonyl (C=O) groups is 1. The van der Waals surface area contributed by atoms with Gasteiger partial charge in [-0.15, -0.1) is 0 Å². The fourth-order valence-electron chi connectivity index (χ4n) is 1.55. The molecule has 18 heavy (non-hydrogen) atoms. The van der Waals surface area contributed by atoms with Gasteiger partial charge in [-0.1, -0.05) is 19.9 Å². The number of hydrogen-bond acceptors (Lipinski definition) is 3. The highest BCUT2D eigenvalue weighted by Gasteiger charge is 2.29. The Morgan fingerprint density at radius 3 is 2.33 bits per heavy atom. The summed E-state index contributed by atoms with van der Waals surface area (Å²) in [5, 5.41) is 0. The van der Waals surface area contributed by atoms with Gasteiger partial charge in [0.2, 0.25) is 0 Å². The predicted octanol–water partition coefficient (Wildman–Crippen LogP) is 2.77. The zero-order valence-corrected chi connectivity index (χ0v) is 11.0. The predicted molar refractivity (Wildman–Crippen MR) is 63.2 cm³/mol. The van der Waals surface area contributed by atoms with Gasteiger partial charge in [0.1, 0.15) is 0 Å². The maximum absolute atomic E-state index is 12.3. The number of ether oxygens (including phenoxy) is 1. The van der Waals surface area contributed by atoms with Crippen molar-refractivity contribution in [2.75, 3.05) is 26.7 Å². The Hall–Kier alpha value is -1.04. The van der Waals surface area contributed by atoms with Crippen molar-refractivity contribution >= 4 is 5.97 Å². The Morgan fingerprint density at radius 2 is 1.94 bits per heavy atom. The van der Waals surface area contributed by atoms with Crippen molar-refractivity contribution < 1.29 is 22.7 Å². The molecule has 0 radical (unpaired) electrons. The van der Waals surface area contributed by atoms with Gasteiger partial charge < -0.3 is 4.74 Å². The second-order valence-corrected chi connectivity index (χ2v) is 3.92. The van der Waals surface area contributed by atoms with E-state index in [4.69, 9.17) is 0 Å². The van der Waals surface area contributed by atoms with Crippen LogP contribution in [0.3, 0.4) is 0 Å². The molecule has 6 heteroatoms. The molecule has 0 unspecified atom stereocenters. The van der Waals surface area contributed by atoms with Crippen molar-refractivity contribution in [3.05, 3.63) is 11.6 Å². The van der Waals surface area contributed by atoms with E-state index < -0.39 is 18.7 Å². The van der Waals surface area contributed by atoms with Crippen molar-refractivity contribution in [1.29, 1.82) is 0 Å². The standard InChI is InChI=1S/C12H20F3NO2/c1-4-7-16(9-12(13,14)15)8-6-10(5-2)11(17)18-3/h6H,4-5,7-9H2,1-3H3. The average molecular weight is 267 g/mol.